The van der Waals surface area contributed by atoms with Crippen molar-refractivity contribution in [1.29, 1.82) is 0 Å². The summed E-state index contributed by atoms with van der Waals surface area (Å²) < 4.78 is 0. The molecule has 1 aromatic carbocycles. The standard InChI is InChI=1S/C19H23ClN4O/c1-2-3-9-19(22-23-19)10-7-18(25)21-11-13-24-12-8-16-15(14-24)5-4-6-17(16)20/h1,4-6H,3,7-14H2,(H,21,25). The Bertz CT molecular complexity index is 704. The van der Waals surface area contributed by atoms with Crippen LogP contribution in [0.2, 0.25) is 5.02 Å². The van der Waals surface area contributed by atoms with Crippen LogP contribution in [-0.4, -0.2) is 36.1 Å². The van der Waals surface area contributed by atoms with Crippen molar-refractivity contribution in [2.45, 2.75) is 44.3 Å². The van der Waals surface area contributed by atoms with E-state index in [1.165, 1.54) is 11.1 Å². The lowest BCUT2D eigenvalue weighted by atomic mass is 10.00. The van der Waals surface area contributed by atoms with E-state index in [-0.39, 0.29) is 11.6 Å². The van der Waals surface area contributed by atoms with Gasteiger partial charge in [0, 0.05) is 56.9 Å². The Morgan fingerprint density at radius 2 is 2.24 bits per heavy atom. The van der Waals surface area contributed by atoms with Crippen LogP contribution in [0.3, 0.4) is 0 Å². The molecule has 0 atom stereocenters. The van der Waals surface area contributed by atoms with E-state index in [1.54, 1.807) is 0 Å². The zero-order chi connectivity index (χ0) is 17.7. The van der Waals surface area contributed by atoms with Crippen molar-refractivity contribution in [3.8, 4) is 12.3 Å². The maximum Gasteiger partial charge on any atom is 0.220 e. The SMILES string of the molecule is C#CCCC1(CCC(=O)NCCN2CCc3c(Cl)cccc3C2)N=N1. The van der Waals surface area contributed by atoms with Gasteiger partial charge in [0.15, 0.2) is 5.66 Å². The molecule has 2 heterocycles. The smallest absolute Gasteiger partial charge is 0.220 e. The third-order valence-electron chi connectivity index (χ3n) is 4.84. The van der Waals surface area contributed by atoms with Crippen molar-refractivity contribution in [3.05, 3.63) is 34.3 Å². The molecule has 5 nitrogen and oxygen atoms in total. The van der Waals surface area contributed by atoms with Gasteiger partial charge in [-0.25, -0.2) is 0 Å². The fraction of sp³-hybridized carbons (Fsp3) is 0.526. The van der Waals surface area contributed by atoms with E-state index in [4.69, 9.17) is 18.0 Å². The predicted molar refractivity (Wildman–Crippen MR) is 98.3 cm³/mol. The number of nitrogens with zero attached hydrogens (tertiary/aromatic N) is 3. The Morgan fingerprint density at radius 3 is 3.00 bits per heavy atom. The van der Waals surface area contributed by atoms with Gasteiger partial charge in [-0.3, -0.25) is 9.69 Å². The van der Waals surface area contributed by atoms with Crippen LogP contribution >= 0.6 is 11.6 Å². The number of rotatable bonds is 8. The summed E-state index contributed by atoms with van der Waals surface area (Å²) >= 11 is 6.24. The van der Waals surface area contributed by atoms with Crippen LogP contribution in [0.15, 0.2) is 28.4 Å². The summed E-state index contributed by atoms with van der Waals surface area (Å²) in [6.45, 7) is 3.35. The average Bonchev–Trinajstić information content (AvgIpc) is 3.39. The number of carbonyl (C=O) groups excluding carboxylic acids is 1. The molecule has 0 spiro atoms. The lowest BCUT2D eigenvalue weighted by Crippen LogP contribution is -2.38. The monoisotopic (exact) mass is 358 g/mol. The van der Waals surface area contributed by atoms with Crippen molar-refractivity contribution in [3.63, 3.8) is 0 Å². The molecule has 0 bridgehead atoms. The summed E-state index contributed by atoms with van der Waals surface area (Å²) in [5.41, 5.74) is 2.18. The van der Waals surface area contributed by atoms with Crippen molar-refractivity contribution < 1.29 is 4.79 Å². The first-order valence-electron chi connectivity index (χ1n) is 8.75. The molecule has 0 aromatic heterocycles. The van der Waals surface area contributed by atoms with Gasteiger partial charge in [-0.1, -0.05) is 23.7 Å². The highest BCUT2D eigenvalue weighted by Crippen LogP contribution is 2.37. The van der Waals surface area contributed by atoms with Crippen LogP contribution in [-0.2, 0) is 17.8 Å². The second-order valence-corrected chi connectivity index (χ2v) is 7.05. The third kappa shape index (κ3) is 4.81. The summed E-state index contributed by atoms with van der Waals surface area (Å²) in [6.07, 6.45) is 8.71. The van der Waals surface area contributed by atoms with Crippen LogP contribution in [0.5, 0.6) is 0 Å². The Morgan fingerprint density at radius 1 is 1.40 bits per heavy atom. The number of fused-ring (bicyclic) bond motifs is 1. The Labute approximate surface area is 153 Å². The highest BCUT2D eigenvalue weighted by Gasteiger charge is 2.39. The van der Waals surface area contributed by atoms with E-state index >= 15 is 0 Å². The number of amides is 1. The molecule has 2 aliphatic rings. The molecule has 0 saturated heterocycles. The molecule has 25 heavy (non-hydrogen) atoms. The van der Waals surface area contributed by atoms with Crippen LogP contribution in [0.25, 0.3) is 0 Å². The van der Waals surface area contributed by atoms with E-state index in [0.717, 1.165) is 37.5 Å². The molecule has 1 aromatic rings. The van der Waals surface area contributed by atoms with Gasteiger partial charge in [0.2, 0.25) is 5.91 Å². The zero-order valence-corrected chi connectivity index (χ0v) is 15.1. The fourth-order valence-electron chi connectivity index (χ4n) is 3.24. The fourth-order valence-corrected chi connectivity index (χ4v) is 3.52. The van der Waals surface area contributed by atoms with E-state index in [2.05, 4.69) is 32.4 Å². The minimum Gasteiger partial charge on any atom is -0.355 e. The maximum absolute atomic E-state index is 12.0. The zero-order valence-electron chi connectivity index (χ0n) is 14.3. The van der Waals surface area contributed by atoms with E-state index in [9.17, 15) is 4.79 Å². The lowest BCUT2D eigenvalue weighted by molar-refractivity contribution is -0.121. The summed E-state index contributed by atoms with van der Waals surface area (Å²) in [6, 6.07) is 6.08. The largest absolute Gasteiger partial charge is 0.355 e. The van der Waals surface area contributed by atoms with Crippen molar-refractivity contribution >= 4 is 17.5 Å². The van der Waals surface area contributed by atoms with Crippen LogP contribution in [0.1, 0.15) is 36.8 Å². The molecule has 1 amide bonds. The van der Waals surface area contributed by atoms with Gasteiger partial charge in [-0.15, -0.1) is 12.3 Å². The summed E-state index contributed by atoms with van der Waals surface area (Å²) in [7, 11) is 0. The topological polar surface area (TPSA) is 57.1 Å². The molecule has 2 aliphatic heterocycles. The highest BCUT2D eigenvalue weighted by atomic mass is 35.5. The molecule has 132 valence electrons. The number of benzene rings is 1. The van der Waals surface area contributed by atoms with Crippen molar-refractivity contribution in [2.75, 3.05) is 19.6 Å². The van der Waals surface area contributed by atoms with Crippen molar-refractivity contribution in [1.82, 2.24) is 10.2 Å². The predicted octanol–water partition coefficient (Wildman–Crippen LogP) is 3.17. The van der Waals surface area contributed by atoms with Gasteiger partial charge in [-0.05, 0) is 23.6 Å². The van der Waals surface area contributed by atoms with Gasteiger partial charge in [0.25, 0.3) is 0 Å². The van der Waals surface area contributed by atoms with Gasteiger partial charge < -0.3 is 5.32 Å². The second-order valence-electron chi connectivity index (χ2n) is 6.64. The first-order chi connectivity index (χ1) is 12.1. The van der Waals surface area contributed by atoms with Gasteiger partial charge >= 0.3 is 0 Å². The summed E-state index contributed by atoms with van der Waals surface area (Å²) in [4.78, 5) is 14.4. The number of carbonyl (C=O) groups is 1. The number of halogens is 1. The minimum atomic E-state index is -0.375. The first kappa shape index (κ1) is 17.9. The minimum absolute atomic E-state index is 0.0536. The molecular formula is C19H23ClN4O. The molecular weight excluding hydrogens is 336 g/mol. The highest BCUT2D eigenvalue weighted by molar-refractivity contribution is 6.31. The molecule has 3 rings (SSSR count). The normalized spacial score (nSPS) is 17.6. The summed E-state index contributed by atoms with van der Waals surface area (Å²) in [5.74, 6) is 2.65. The van der Waals surface area contributed by atoms with Crippen LogP contribution < -0.4 is 5.32 Å². The average molecular weight is 359 g/mol. The van der Waals surface area contributed by atoms with Gasteiger partial charge in [0.05, 0.1) is 0 Å². The molecule has 1 N–H and O–H groups in total. The molecule has 6 heteroatoms. The van der Waals surface area contributed by atoms with E-state index in [1.807, 2.05) is 12.1 Å². The Balaban J connectivity index is 1.35. The van der Waals surface area contributed by atoms with Crippen LogP contribution in [0.4, 0.5) is 0 Å². The molecule has 0 saturated carbocycles. The number of terminal acetylenes is 1. The second kappa shape index (κ2) is 7.99. The van der Waals surface area contributed by atoms with E-state index < -0.39 is 0 Å². The van der Waals surface area contributed by atoms with E-state index in [0.29, 0.717) is 25.8 Å². The maximum atomic E-state index is 12.0. The number of hydrogen-bond donors (Lipinski definition) is 1. The first-order valence-corrected chi connectivity index (χ1v) is 9.12. The number of hydrogen-bond acceptors (Lipinski definition) is 4. The van der Waals surface area contributed by atoms with Gasteiger partial charge in [-0.2, -0.15) is 10.2 Å². The molecule has 0 radical (unpaired) electrons. The molecule has 0 unspecified atom stereocenters. The lowest BCUT2D eigenvalue weighted by Gasteiger charge is -2.29. The molecule has 0 aliphatic carbocycles. The molecule has 0 fully saturated rings. The van der Waals surface area contributed by atoms with Gasteiger partial charge in [0.1, 0.15) is 0 Å². The summed E-state index contributed by atoms with van der Waals surface area (Å²) in [5, 5.41) is 12.0. The quantitative estimate of drug-likeness (QED) is 0.726. The number of nitrogens with one attached hydrogen (secondary N) is 1. The Kier molecular flexibility index (Phi) is 5.72. The third-order valence-corrected chi connectivity index (χ3v) is 5.20. The Hall–Kier alpha value is -1.90. The van der Waals surface area contributed by atoms with Crippen molar-refractivity contribution in [2.24, 2.45) is 10.2 Å². The van der Waals surface area contributed by atoms with Crippen LogP contribution in [0, 0.1) is 12.3 Å².